The van der Waals surface area contributed by atoms with Crippen LogP contribution in [0.5, 0.6) is 0 Å². The van der Waals surface area contributed by atoms with Gasteiger partial charge in [-0.1, -0.05) is 0 Å². The molecule has 0 amide bonds. The standard InChI is InChI=1S/C10H15N3O6S/c1-3-19-10(16)7(2)12-20(17,18)8-4-11-13(5-8)6-9(14)15/h4-5,7,12H,3,6H2,1-2H3,(H,14,15). The average Bonchev–Trinajstić information content (AvgIpc) is 2.77. The number of hydrogen-bond donors (Lipinski definition) is 2. The van der Waals surface area contributed by atoms with Crippen molar-refractivity contribution in [3.63, 3.8) is 0 Å². The highest BCUT2D eigenvalue weighted by molar-refractivity contribution is 7.89. The van der Waals surface area contributed by atoms with E-state index in [1.54, 1.807) is 6.92 Å². The van der Waals surface area contributed by atoms with Crippen LogP contribution in [-0.4, -0.2) is 47.9 Å². The van der Waals surface area contributed by atoms with Crippen molar-refractivity contribution >= 4 is 22.0 Å². The maximum Gasteiger partial charge on any atom is 0.325 e. The third-order valence-corrected chi connectivity index (χ3v) is 3.68. The van der Waals surface area contributed by atoms with Crippen molar-refractivity contribution in [3.05, 3.63) is 12.4 Å². The Balaban J connectivity index is 2.81. The summed E-state index contributed by atoms with van der Waals surface area (Å²) < 4.78 is 31.6. The molecule has 0 spiro atoms. The Morgan fingerprint density at radius 2 is 2.20 bits per heavy atom. The fourth-order valence-corrected chi connectivity index (χ4v) is 2.47. The van der Waals surface area contributed by atoms with E-state index in [0.29, 0.717) is 0 Å². The van der Waals surface area contributed by atoms with Gasteiger partial charge in [-0.25, -0.2) is 8.42 Å². The SMILES string of the molecule is CCOC(=O)C(C)NS(=O)(=O)c1cnn(CC(=O)O)c1. The number of rotatable bonds is 7. The van der Waals surface area contributed by atoms with Crippen molar-refractivity contribution in [1.82, 2.24) is 14.5 Å². The Hall–Kier alpha value is -1.94. The lowest BCUT2D eigenvalue weighted by Gasteiger charge is -2.11. The van der Waals surface area contributed by atoms with E-state index in [0.717, 1.165) is 17.1 Å². The van der Waals surface area contributed by atoms with Gasteiger partial charge < -0.3 is 9.84 Å². The third-order valence-electron chi connectivity index (χ3n) is 2.19. The van der Waals surface area contributed by atoms with Gasteiger partial charge in [-0.3, -0.25) is 14.3 Å². The summed E-state index contributed by atoms with van der Waals surface area (Å²) in [5, 5.41) is 12.2. The van der Waals surface area contributed by atoms with Crippen molar-refractivity contribution in [2.75, 3.05) is 6.61 Å². The minimum Gasteiger partial charge on any atom is -0.480 e. The van der Waals surface area contributed by atoms with Gasteiger partial charge in [-0.2, -0.15) is 9.82 Å². The largest absolute Gasteiger partial charge is 0.480 e. The number of carbonyl (C=O) groups excluding carboxylic acids is 1. The molecule has 1 aromatic heterocycles. The van der Waals surface area contributed by atoms with Crippen molar-refractivity contribution in [2.45, 2.75) is 31.3 Å². The summed E-state index contributed by atoms with van der Waals surface area (Å²) in [5.74, 6) is -1.85. The first-order valence-electron chi connectivity index (χ1n) is 5.69. The lowest BCUT2D eigenvalue weighted by atomic mass is 10.4. The van der Waals surface area contributed by atoms with Crippen LogP contribution in [0.25, 0.3) is 0 Å². The Morgan fingerprint density at radius 3 is 2.75 bits per heavy atom. The Kier molecular flexibility index (Phi) is 5.22. The van der Waals surface area contributed by atoms with Crippen LogP contribution < -0.4 is 4.72 Å². The molecule has 10 heteroatoms. The molecule has 1 aromatic rings. The van der Waals surface area contributed by atoms with Gasteiger partial charge in [0.05, 0.1) is 12.8 Å². The Morgan fingerprint density at radius 1 is 1.55 bits per heavy atom. The molecule has 0 radical (unpaired) electrons. The summed E-state index contributed by atoms with van der Waals surface area (Å²) in [6.07, 6.45) is 2.07. The highest BCUT2D eigenvalue weighted by Gasteiger charge is 2.24. The molecule has 0 saturated carbocycles. The maximum absolute atomic E-state index is 11.9. The monoisotopic (exact) mass is 305 g/mol. The second-order valence-electron chi connectivity index (χ2n) is 3.86. The van der Waals surface area contributed by atoms with Gasteiger partial charge in [0.15, 0.2) is 0 Å². The molecule has 0 saturated heterocycles. The predicted octanol–water partition coefficient (Wildman–Crippen LogP) is -0.802. The zero-order valence-electron chi connectivity index (χ0n) is 10.9. The normalized spacial score (nSPS) is 12.9. The number of carboxylic acid groups (broad SMARTS) is 1. The minimum atomic E-state index is -3.96. The maximum atomic E-state index is 11.9. The molecule has 1 heterocycles. The predicted molar refractivity (Wildman–Crippen MR) is 66.3 cm³/mol. The molecule has 20 heavy (non-hydrogen) atoms. The van der Waals surface area contributed by atoms with Crippen LogP contribution in [0, 0.1) is 0 Å². The van der Waals surface area contributed by atoms with Gasteiger partial charge in [0.2, 0.25) is 10.0 Å². The molecule has 0 aliphatic heterocycles. The van der Waals surface area contributed by atoms with Gasteiger partial charge in [-0.15, -0.1) is 0 Å². The topological polar surface area (TPSA) is 128 Å². The van der Waals surface area contributed by atoms with Crippen LogP contribution in [0.4, 0.5) is 0 Å². The molecule has 0 aromatic carbocycles. The molecule has 1 unspecified atom stereocenters. The van der Waals surface area contributed by atoms with E-state index in [4.69, 9.17) is 5.11 Å². The van der Waals surface area contributed by atoms with Crippen LogP contribution in [0.1, 0.15) is 13.8 Å². The fourth-order valence-electron chi connectivity index (χ4n) is 1.32. The van der Waals surface area contributed by atoms with Gasteiger partial charge in [-0.05, 0) is 13.8 Å². The van der Waals surface area contributed by atoms with Gasteiger partial charge >= 0.3 is 11.9 Å². The molecule has 9 nitrogen and oxygen atoms in total. The molecule has 112 valence electrons. The number of carbonyl (C=O) groups is 2. The highest BCUT2D eigenvalue weighted by Crippen LogP contribution is 2.08. The van der Waals surface area contributed by atoms with E-state index >= 15 is 0 Å². The molecule has 0 bridgehead atoms. The zero-order chi connectivity index (χ0) is 15.3. The first kappa shape index (κ1) is 16.1. The molecular weight excluding hydrogens is 290 g/mol. The lowest BCUT2D eigenvalue weighted by Crippen LogP contribution is -2.39. The number of hydrogen-bond acceptors (Lipinski definition) is 6. The Bertz CT molecular complexity index is 594. The number of aliphatic carboxylic acids is 1. The van der Waals surface area contributed by atoms with Crippen molar-refractivity contribution in [3.8, 4) is 0 Å². The lowest BCUT2D eigenvalue weighted by molar-refractivity contribution is -0.144. The second-order valence-corrected chi connectivity index (χ2v) is 5.58. The molecule has 0 aliphatic rings. The minimum absolute atomic E-state index is 0.140. The van der Waals surface area contributed by atoms with Gasteiger partial charge in [0.1, 0.15) is 17.5 Å². The number of ether oxygens (including phenoxy) is 1. The highest BCUT2D eigenvalue weighted by atomic mass is 32.2. The number of aromatic nitrogens is 2. The number of esters is 1. The van der Waals surface area contributed by atoms with Crippen LogP contribution in [0.15, 0.2) is 17.3 Å². The van der Waals surface area contributed by atoms with Crippen molar-refractivity contribution in [2.24, 2.45) is 0 Å². The molecule has 2 N–H and O–H groups in total. The van der Waals surface area contributed by atoms with E-state index in [1.807, 2.05) is 0 Å². The molecule has 0 aliphatic carbocycles. The first-order valence-corrected chi connectivity index (χ1v) is 7.17. The molecule has 1 rings (SSSR count). The van der Waals surface area contributed by atoms with E-state index in [9.17, 15) is 18.0 Å². The van der Waals surface area contributed by atoms with Crippen LogP contribution >= 0.6 is 0 Å². The van der Waals surface area contributed by atoms with Crippen LogP contribution in [-0.2, 0) is 30.9 Å². The van der Waals surface area contributed by atoms with Crippen LogP contribution in [0.2, 0.25) is 0 Å². The quantitative estimate of drug-likeness (QED) is 0.631. The summed E-state index contributed by atoms with van der Waals surface area (Å²) in [5.41, 5.74) is 0. The van der Waals surface area contributed by atoms with Crippen molar-refractivity contribution < 1.29 is 27.9 Å². The Labute approximate surface area is 115 Å². The number of carboxylic acids is 1. The second kappa shape index (κ2) is 6.48. The molecule has 1 atom stereocenters. The molecular formula is C10H15N3O6S. The summed E-state index contributed by atoms with van der Waals surface area (Å²) in [6, 6.07) is -1.05. The third kappa shape index (κ3) is 4.31. The van der Waals surface area contributed by atoms with Gasteiger partial charge in [0.25, 0.3) is 0 Å². The number of nitrogens with zero attached hydrogens (tertiary/aromatic N) is 2. The summed E-state index contributed by atoms with van der Waals surface area (Å²) >= 11 is 0. The smallest absolute Gasteiger partial charge is 0.325 e. The number of nitrogens with one attached hydrogen (secondary N) is 1. The summed E-state index contributed by atoms with van der Waals surface area (Å²) in [6.45, 7) is 2.64. The molecule has 0 fully saturated rings. The summed E-state index contributed by atoms with van der Waals surface area (Å²) in [4.78, 5) is 21.6. The van der Waals surface area contributed by atoms with E-state index < -0.39 is 34.5 Å². The van der Waals surface area contributed by atoms with E-state index in [1.165, 1.54) is 6.92 Å². The van der Waals surface area contributed by atoms with Crippen molar-refractivity contribution in [1.29, 1.82) is 0 Å². The number of sulfonamides is 1. The first-order chi connectivity index (χ1) is 9.26. The van der Waals surface area contributed by atoms with Crippen LogP contribution in [0.3, 0.4) is 0 Å². The fraction of sp³-hybridized carbons (Fsp3) is 0.500. The zero-order valence-corrected chi connectivity index (χ0v) is 11.8. The summed E-state index contributed by atoms with van der Waals surface area (Å²) in [7, 11) is -3.96. The van der Waals surface area contributed by atoms with E-state index in [-0.39, 0.29) is 11.5 Å². The van der Waals surface area contributed by atoms with Gasteiger partial charge in [0, 0.05) is 6.20 Å². The average molecular weight is 305 g/mol. The van der Waals surface area contributed by atoms with E-state index in [2.05, 4.69) is 14.6 Å².